The lowest BCUT2D eigenvalue weighted by Crippen LogP contribution is -2.75. The van der Waals surface area contributed by atoms with Crippen LogP contribution in [0, 0.1) is 0 Å². The maximum Gasteiger partial charge on any atom is 0.416 e. The molecule has 0 aliphatic carbocycles. The minimum atomic E-state index is -6.13. The lowest BCUT2D eigenvalue weighted by Gasteiger charge is -2.46. The summed E-state index contributed by atoms with van der Waals surface area (Å²) >= 11 is 0. The average Bonchev–Trinajstić information content (AvgIpc) is 3.33. The number of rotatable bonds is 7. The molecular formula is C54H35BF24S. The molecule has 26 heteroatoms. The van der Waals surface area contributed by atoms with E-state index in [4.69, 9.17) is 0 Å². The van der Waals surface area contributed by atoms with Crippen molar-refractivity contribution in [2.75, 3.05) is 0 Å². The molecule has 0 unspecified atom stereocenters. The van der Waals surface area contributed by atoms with Crippen molar-refractivity contribution in [3.8, 4) is 0 Å². The molecule has 0 saturated carbocycles. The van der Waals surface area contributed by atoms with Crippen LogP contribution in [-0.2, 0) is 65.7 Å². The van der Waals surface area contributed by atoms with Gasteiger partial charge in [0.25, 0.3) is 0 Å². The van der Waals surface area contributed by atoms with Gasteiger partial charge in [-0.1, -0.05) is 118 Å². The van der Waals surface area contributed by atoms with Crippen molar-refractivity contribution in [1.82, 2.24) is 0 Å². The zero-order valence-electron chi connectivity index (χ0n) is 40.6. The van der Waals surface area contributed by atoms with Crippen LogP contribution in [0.1, 0.15) is 70.8 Å². The van der Waals surface area contributed by atoms with E-state index in [-0.39, 0.29) is 16.3 Å². The van der Waals surface area contributed by atoms with Gasteiger partial charge < -0.3 is 0 Å². The average molecular weight is 1180 g/mol. The van der Waals surface area contributed by atoms with Gasteiger partial charge in [0.15, 0.2) is 14.7 Å². The van der Waals surface area contributed by atoms with E-state index in [9.17, 15) is 105 Å². The van der Waals surface area contributed by atoms with Crippen LogP contribution >= 0.6 is 0 Å². The van der Waals surface area contributed by atoms with Crippen LogP contribution < -0.4 is 21.9 Å². The highest BCUT2D eigenvalue weighted by Crippen LogP contribution is 2.42. The number of hydrogen-bond donors (Lipinski definition) is 0. The van der Waals surface area contributed by atoms with Crippen LogP contribution in [0.4, 0.5) is 105 Å². The van der Waals surface area contributed by atoms with Gasteiger partial charge in [0.2, 0.25) is 0 Å². The minimum absolute atomic E-state index is 0.0497. The molecule has 7 aromatic rings. The van der Waals surface area contributed by atoms with Crippen LogP contribution in [0.2, 0.25) is 0 Å². The van der Waals surface area contributed by atoms with Gasteiger partial charge in [-0.25, -0.2) is 0 Å². The van der Waals surface area contributed by atoms with E-state index in [1.807, 2.05) is 0 Å². The van der Waals surface area contributed by atoms with Gasteiger partial charge in [0, 0.05) is 0 Å². The Labute approximate surface area is 441 Å². The summed E-state index contributed by atoms with van der Waals surface area (Å²) in [7, 11) is -0.0497. The fourth-order valence-corrected chi connectivity index (χ4v) is 10.8. The minimum Gasteiger partial charge on any atom is -0.194 e. The summed E-state index contributed by atoms with van der Waals surface area (Å²) in [6, 6.07) is 21.9. The Balaban J connectivity index is 0.000000370. The Bertz CT molecular complexity index is 2810. The van der Waals surface area contributed by atoms with Crippen molar-refractivity contribution in [2.24, 2.45) is 0 Å². The van der Waals surface area contributed by atoms with Crippen molar-refractivity contribution in [3.05, 3.63) is 208 Å². The summed E-state index contributed by atoms with van der Waals surface area (Å²) in [5, 5.41) is 0. The first kappa shape index (κ1) is 62.5. The van der Waals surface area contributed by atoms with Gasteiger partial charge in [-0.15, -0.1) is 0 Å². The molecule has 0 saturated heterocycles. The lowest BCUT2D eigenvalue weighted by molar-refractivity contribution is -0.144. The number of benzene rings is 7. The highest BCUT2D eigenvalue weighted by molar-refractivity contribution is 7.97. The third kappa shape index (κ3) is 14.2. The first-order chi connectivity index (χ1) is 36.3. The molecule has 0 bridgehead atoms. The lowest BCUT2D eigenvalue weighted by atomic mass is 9.12. The fraction of sp³-hybridized carbons (Fsp3) is 0.222. The third-order valence-electron chi connectivity index (χ3n) is 12.4. The molecule has 80 heavy (non-hydrogen) atoms. The summed E-state index contributed by atoms with van der Waals surface area (Å²) < 4.78 is 341. The SMILES string of the molecule is CC(C)(C)c1ccc([S+](c2ccccc2)c2ccccc2)cc1.FC(F)(F)c1cc([B-](c2cc(C(F)(F)F)cc(C(F)(F)F)c2)(c2cc(C(F)(F)F)cc(C(F)(F)F)c2)c2cc(C(F)(F)F)cc(C(F)(F)F)c2)cc(C(F)(F)F)c1. The van der Waals surface area contributed by atoms with E-state index >= 15 is 0 Å². The van der Waals surface area contributed by atoms with Crippen molar-refractivity contribution in [3.63, 3.8) is 0 Å². The molecule has 0 atom stereocenters. The molecular weight excluding hydrogens is 1150 g/mol. The van der Waals surface area contributed by atoms with Crippen LogP contribution in [0.3, 0.4) is 0 Å². The second-order valence-electron chi connectivity index (χ2n) is 18.9. The number of hydrogen-bond acceptors (Lipinski definition) is 0. The summed E-state index contributed by atoms with van der Waals surface area (Å²) in [4.78, 5) is 4.10. The molecule has 0 spiro atoms. The Kier molecular flexibility index (Phi) is 16.9. The number of halogens is 24. The van der Waals surface area contributed by atoms with E-state index in [1.165, 1.54) is 20.2 Å². The zero-order chi connectivity index (χ0) is 60.2. The first-order valence-corrected chi connectivity index (χ1v) is 23.8. The Morgan fingerprint density at radius 1 is 0.237 bits per heavy atom. The molecule has 428 valence electrons. The summed E-state index contributed by atoms with van der Waals surface area (Å²) in [5.41, 5.74) is -28.6. The van der Waals surface area contributed by atoms with Gasteiger partial charge in [0.05, 0.1) is 55.4 Å². The van der Waals surface area contributed by atoms with E-state index in [2.05, 4.69) is 106 Å². The Hall–Kier alpha value is -6.73. The van der Waals surface area contributed by atoms with Gasteiger partial charge in [-0.2, -0.15) is 127 Å². The molecule has 0 aliphatic rings. The summed E-state index contributed by atoms with van der Waals surface area (Å²) in [6.07, 6.45) is -54.8. The molecule has 0 radical (unpaired) electrons. The van der Waals surface area contributed by atoms with E-state index in [0.717, 1.165) is 0 Å². The summed E-state index contributed by atoms with van der Waals surface area (Å²) in [6.45, 7) is 6.78. The highest BCUT2D eigenvalue weighted by Gasteiger charge is 2.47. The normalized spacial score (nSPS) is 13.6. The third-order valence-corrected chi connectivity index (χ3v) is 14.6. The standard InChI is InChI=1S/C32H12BF24.C22H23S/c34-25(35,36)13-1-14(26(37,38)39)6-21(5-13)33(22-7-15(27(40,41)42)2-16(8-22)28(43,44)45,23-9-17(29(46,47)48)3-18(10-23)30(49,50)51)24-11-19(31(52,53)54)4-20(12-24)32(55,56)57;1-22(2,3)18-14-16-21(17-15-18)23(19-10-6-4-7-11-19)20-12-8-5-9-13-20/h1-12H;4-17H,1-3H3/q-1;+1. The highest BCUT2D eigenvalue weighted by atomic mass is 32.2. The predicted molar refractivity (Wildman–Crippen MR) is 250 cm³/mol. The van der Waals surface area contributed by atoms with E-state index in [0.29, 0.717) is 0 Å². The quantitative estimate of drug-likeness (QED) is 0.0848. The molecule has 0 heterocycles. The van der Waals surface area contributed by atoms with E-state index in [1.54, 1.807) is 0 Å². The molecule has 0 aliphatic heterocycles. The Morgan fingerprint density at radius 2 is 0.425 bits per heavy atom. The van der Waals surface area contributed by atoms with Gasteiger partial charge >= 0.3 is 49.4 Å². The van der Waals surface area contributed by atoms with Crippen molar-refractivity contribution < 1.29 is 105 Å². The Morgan fingerprint density at radius 3 is 0.600 bits per heavy atom. The van der Waals surface area contributed by atoms with Crippen molar-refractivity contribution in [1.29, 1.82) is 0 Å². The van der Waals surface area contributed by atoms with Gasteiger partial charge in [-0.3, -0.25) is 0 Å². The van der Waals surface area contributed by atoms with Crippen LogP contribution in [-0.4, -0.2) is 6.15 Å². The van der Waals surface area contributed by atoms with Crippen LogP contribution in [0.25, 0.3) is 0 Å². The van der Waals surface area contributed by atoms with Crippen molar-refractivity contribution in [2.45, 2.75) is 90.3 Å². The van der Waals surface area contributed by atoms with Gasteiger partial charge in [-0.05, 0) is 71.6 Å². The summed E-state index contributed by atoms with van der Waals surface area (Å²) in [5.74, 6) is 0. The van der Waals surface area contributed by atoms with Gasteiger partial charge in [0.1, 0.15) is 6.15 Å². The number of alkyl halides is 24. The van der Waals surface area contributed by atoms with Crippen LogP contribution in [0.15, 0.2) is 172 Å². The predicted octanol–water partition coefficient (Wildman–Crippen LogP) is 17.3. The maximum atomic E-state index is 14.2. The second-order valence-corrected chi connectivity index (χ2v) is 21.0. The smallest absolute Gasteiger partial charge is 0.194 e. The maximum absolute atomic E-state index is 14.2. The topological polar surface area (TPSA) is 0 Å². The largest absolute Gasteiger partial charge is 0.416 e. The molecule has 0 nitrogen and oxygen atoms in total. The fourth-order valence-electron chi connectivity index (χ4n) is 8.68. The van der Waals surface area contributed by atoms with Crippen molar-refractivity contribution >= 4 is 38.9 Å². The molecule has 0 aromatic heterocycles. The molecule has 7 rings (SSSR count). The molecule has 0 amide bonds. The van der Waals surface area contributed by atoms with E-state index < -0.39 is 195 Å². The first-order valence-electron chi connectivity index (χ1n) is 22.6. The second kappa shape index (κ2) is 21.6. The molecule has 0 fully saturated rings. The van der Waals surface area contributed by atoms with Crippen LogP contribution in [0.5, 0.6) is 0 Å². The zero-order valence-corrected chi connectivity index (χ0v) is 41.4. The monoisotopic (exact) mass is 1180 g/mol. The molecule has 0 N–H and O–H groups in total. The molecule has 7 aromatic carbocycles.